The molecule has 1 unspecified atom stereocenters. The molecule has 1 nitrogen and oxygen atoms in total. The van der Waals surface area contributed by atoms with Crippen molar-refractivity contribution in [2.24, 2.45) is 17.3 Å². The summed E-state index contributed by atoms with van der Waals surface area (Å²) in [6.45, 7) is 12.8. The van der Waals surface area contributed by atoms with Crippen molar-refractivity contribution in [1.29, 1.82) is 0 Å². The Morgan fingerprint density at radius 1 is 1.29 bits per heavy atom. The summed E-state index contributed by atoms with van der Waals surface area (Å²) in [5.74, 6) is 1.75. The number of hydrogen-bond donors (Lipinski definition) is 1. The molecule has 84 valence electrons. The summed E-state index contributed by atoms with van der Waals surface area (Å²) >= 11 is 0. The van der Waals surface area contributed by atoms with E-state index in [0.717, 1.165) is 17.9 Å². The van der Waals surface area contributed by atoms with Crippen molar-refractivity contribution in [2.45, 2.75) is 59.9 Å². The van der Waals surface area contributed by atoms with Crippen molar-refractivity contribution >= 4 is 0 Å². The average Bonchev–Trinajstić information content (AvgIpc) is 2.89. The Labute approximate surface area is 89.7 Å². The molecule has 0 aromatic carbocycles. The quantitative estimate of drug-likeness (QED) is 0.688. The zero-order valence-electron chi connectivity index (χ0n) is 10.6. The summed E-state index contributed by atoms with van der Waals surface area (Å²) in [6, 6.07) is 0.785. The molecule has 1 rings (SSSR count). The first-order valence-corrected chi connectivity index (χ1v) is 6.20. The Morgan fingerprint density at radius 3 is 2.21 bits per heavy atom. The van der Waals surface area contributed by atoms with Gasteiger partial charge in [-0.15, -0.1) is 0 Å². The van der Waals surface area contributed by atoms with E-state index in [9.17, 15) is 0 Å². The summed E-state index contributed by atoms with van der Waals surface area (Å²) in [5, 5.41) is 3.75. The lowest BCUT2D eigenvalue weighted by Gasteiger charge is -2.31. The van der Waals surface area contributed by atoms with E-state index in [2.05, 4.69) is 39.9 Å². The maximum Gasteiger partial charge on any atom is 0.00929 e. The summed E-state index contributed by atoms with van der Waals surface area (Å²) in [7, 11) is 0. The normalized spacial score (nSPS) is 20.1. The molecule has 0 aromatic rings. The first kappa shape index (κ1) is 12.0. The Bertz CT molecular complexity index is 168. The van der Waals surface area contributed by atoms with Gasteiger partial charge in [0.05, 0.1) is 0 Å². The van der Waals surface area contributed by atoms with E-state index in [1.54, 1.807) is 0 Å². The van der Waals surface area contributed by atoms with E-state index in [0.29, 0.717) is 5.41 Å². The van der Waals surface area contributed by atoms with Gasteiger partial charge in [-0.1, -0.05) is 34.6 Å². The van der Waals surface area contributed by atoms with Crippen molar-refractivity contribution in [3.8, 4) is 0 Å². The van der Waals surface area contributed by atoms with Crippen LogP contribution in [0.1, 0.15) is 53.9 Å². The molecule has 1 atom stereocenters. The molecule has 0 spiro atoms. The van der Waals surface area contributed by atoms with Crippen LogP contribution in [0.15, 0.2) is 0 Å². The van der Waals surface area contributed by atoms with Gasteiger partial charge in [0.2, 0.25) is 0 Å². The van der Waals surface area contributed by atoms with Crippen molar-refractivity contribution in [2.75, 3.05) is 6.54 Å². The number of rotatable bonds is 6. The smallest absolute Gasteiger partial charge is 0.00929 e. The second kappa shape index (κ2) is 4.65. The summed E-state index contributed by atoms with van der Waals surface area (Å²) < 4.78 is 0. The zero-order valence-corrected chi connectivity index (χ0v) is 10.6. The molecule has 0 heterocycles. The van der Waals surface area contributed by atoms with Crippen LogP contribution in [0.25, 0.3) is 0 Å². The molecule has 0 radical (unpaired) electrons. The second-order valence-corrected chi connectivity index (χ2v) is 5.88. The van der Waals surface area contributed by atoms with E-state index < -0.39 is 0 Å². The SMILES string of the molecule is CCC(NCC(C)(C)C(C)C)C1CC1. The van der Waals surface area contributed by atoms with Crippen molar-refractivity contribution in [1.82, 2.24) is 5.32 Å². The van der Waals surface area contributed by atoms with Crippen LogP contribution in [-0.2, 0) is 0 Å². The molecular formula is C13H27N. The Hall–Kier alpha value is -0.0400. The molecule has 14 heavy (non-hydrogen) atoms. The lowest BCUT2D eigenvalue weighted by Crippen LogP contribution is -2.40. The maximum absolute atomic E-state index is 3.75. The summed E-state index contributed by atoms with van der Waals surface area (Å²) in [6.07, 6.45) is 4.19. The van der Waals surface area contributed by atoms with Gasteiger partial charge >= 0.3 is 0 Å². The van der Waals surface area contributed by atoms with E-state index in [-0.39, 0.29) is 0 Å². The van der Waals surface area contributed by atoms with Gasteiger partial charge < -0.3 is 5.32 Å². The van der Waals surface area contributed by atoms with E-state index in [1.165, 1.54) is 25.8 Å². The fraction of sp³-hybridized carbons (Fsp3) is 1.00. The molecule has 1 heteroatoms. The highest BCUT2D eigenvalue weighted by molar-refractivity contribution is 4.87. The van der Waals surface area contributed by atoms with Gasteiger partial charge in [-0.2, -0.15) is 0 Å². The van der Waals surface area contributed by atoms with Crippen molar-refractivity contribution in [3.63, 3.8) is 0 Å². The van der Waals surface area contributed by atoms with Gasteiger partial charge in [-0.05, 0) is 36.5 Å². The first-order valence-electron chi connectivity index (χ1n) is 6.20. The lowest BCUT2D eigenvalue weighted by molar-refractivity contribution is 0.222. The topological polar surface area (TPSA) is 12.0 Å². The third-order valence-electron chi connectivity index (χ3n) is 4.01. The minimum atomic E-state index is 0.433. The molecule has 0 saturated heterocycles. The van der Waals surface area contributed by atoms with Crippen LogP contribution in [0.2, 0.25) is 0 Å². The molecular weight excluding hydrogens is 170 g/mol. The van der Waals surface area contributed by atoms with E-state index >= 15 is 0 Å². The fourth-order valence-electron chi connectivity index (χ4n) is 1.74. The van der Waals surface area contributed by atoms with Gasteiger partial charge in [0.25, 0.3) is 0 Å². The average molecular weight is 197 g/mol. The molecule has 0 bridgehead atoms. The number of hydrogen-bond acceptors (Lipinski definition) is 1. The minimum absolute atomic E-state index is 0.433. The van der Waals surface area contributed by atoms with Gasteiger partial charge in [-0.3, -0.25) is 0 Å². The van der Waals surface area contributed by atoms with Crippen LogP contribution in [0.4, 0.5) is 0 Å². The Kier molecular flexibility index (Phi) is 4.00. The monoisotopic (exact) mass is 197 g/mol. The minimum Gasteiger partial charge on any atom is -0.313 e. The standard InChI is InChI=1S/C13H27N/c1-6-12(11-7-8-11)14-9-13(4,5)10(2)3/h10-12,14H,6-9H2,1-5H3. The summed E-state index contributed by atoms with van der Waals surface area (Å²) in [5.41, 5.74) is 0.433. The fourth-order valence-corrected chi connectivity index (χ4v) is 1.74. The van der Waals surface area contributed by atoms with Gasteiger partial charge in [0.15, 0.2) is 0 Å². The predicted octanol–water partition coefficient (Wildman–Crippen LogP) is 3.45. The van der Waals surface area contributed by atoms with E-state index in [4.69, 9.17) is 0 Å². The second-order valence-electron chi connectivity index (χ2n) is 5.88. The number of nitrogens with one attached hydrogen (secondary N) is 1. The maximum atomic E-state index is 3.75. The Balaban J connectivity index is 2.30. The largest absolute Gasteiger partial charge is 0.313 e. The Morgan fingerprint density at radius 2 is 1.86 bits per heavy atom. The van der Waals surface area contributed by atoms with Gasteiger partial charge in [0.1, 0.15) is 0 Å². The highest BCUT2D eigenvalue weighted by Crippen LogP contribution is 2.34. The molecule has 1 aliphatic rings. The highest BCUT2D eigenvalue weighted by atomic mass is 14.9. The van der Waals surface area contributed by atoms with E-state index in [1.807, 2.05) is 0 Å². The first-order chi connectivity index (χ1) is 6.47. The van der Waals surface area contributed by atoms with Gasteiger partial charge in [0, 0.05) is 12.6 Å². The summed E-state index contributed by atoms with van der Waals surface area (Å²) in [4.78, 5) is 0. The molecule has 1 fully saturated rings. The molecule has 1 N–H and O–H groups in total. The van der Waals surface area contributed by atoms with Crippen LogP contribution in [-0.4, -0.2) is 12.6 Å². The van der Waals surface area contributed by atoms with Crippen LogP contribution < -0.4 is 5.32 Å². The van der Waals surface area contributed by atoms with Crippen LogP contribution >= 0.6 is 0 Å². The third kappa shape index (κ3) is 3.27. The van der Waals surface area contributed by atoms with Crippen LogP contribution in [0.5, 0.6) is 0 Å². The lowest BCUT2D eigenvalue weighted by atomic mass is 9.81. The molecule has 1 aliphatic carbocycles. The van der Waals surface area contributed by atoms with Crippen molar-refractivity contribution < 1.29 is 0 Å². The van der Waals surface area contributed by atoms with Crippen LogP contribution in [0.3, 0.4) is 0 Å². The molecule has 0 aliphatic heterocycles. The van der Waals surface area contributed by atoms with Crippen LogP contribution in [0, 0.1) is 17.3 Å². The zero-order chi connectivity index (χ0) is 10.8. The molecule has 1 saturated carbocycles. The van der Waals surface area contributed by atoms with Crippen molar-refractivity contribution in [3.05, 3.63) is 0 Å². The third-order valence-corrected chi connectivity index (χ3v) is 4.01. The predicted molar refractivity (Wildman–Crippen MR) is 63.4 cm³/mol. The molecule has 0 amide bonds. The molecule has 0 aromatic heterocycles. The highest BCUT2D eigenvalue weighted by Gasteiger charge is 2.31. The van der Waals surface area contributed by atoms with Gasteiger partial charge in [-0.25, -0.2) is 0 Å².